The minimum Gasteiger partial charge on any atom is -0.342 e. The van der Waals surface area contributed by atoms with Crippen molar-refractivity contribution in [2.45, 2.75) is 46.2 Å². The highest BCUT2D eigenvalue weighted by Crippen LogP contribution is 2.07. The molecule has 2 aromatic rings. The number of nitrogens with one attached hydrogen (secondary N) is 1. The van der Waals surface area contributed by atoms with Crippen LogP contribution in [0.5, 0.6) is 0 Å². The van der Waals surface area contributed by atoms with Gasteiger partial charge in [-0.25, -0.2) is 0 Å². The summed E-state index contributed by atoms with van der Waals surface area (Å²) in [5.41, 5.74) is 1.25. The van der Waals surface area contributed by atoms with Crippen LogP contribution in [0, 0.1) is 0 Å². The maximum Gasteiger partial charge on any atom is 0.226 e. The van der Waals surface area contributed by atoms with Gasteiger partial charge in [0.2, 0.25) is 5.89 Å². The molecule has 0 fully saturated rings. The lowest BCUT2D eigenvalue weighted by molar-refractivity contribution is 0.371. The smallest absolute Gasteiger partial charge is 0.226 e. The van der Waals surface area contributed by atoms with Crippen LogP contribution in [0.3, 0.4) is 0 Å². The second-order valence-electron chi connectivity index (χ2n) is 4.66. The second kappa shape index (κ2) is 7.09. The van der Waals surface area contributed by atoms with Gasteiger partial charge in [0.25, 0.3) is 0 Å². The van der Waals surface area contributed by atoms with Crippen molar-refractivity contribution in [3.05, 3.63) is 35.7 Å². The van der Waals surface area contributed by atoms with Gasteiger partial charge in [-0.2, -0.15) is 4.98 Å². The molecule has 0 aliphatic rings. The normalized spacial score (nSPS) is 11.1. The zero-order chi connectivity index (χ0) is 13.5. The van der Waals surface area contributed by atoms with E-state index < -0.39 is 0 Å². The molecule has 0 saturated heterocycles. The molecule has 5 heteroatoms. The third-order valence-corrected chi connectivity index (χ3v) is 2.94. The monoisotopic (exact) mass is 262 g/mol. The fraction of sp³-hybridized carbons (Fsp3) is 0.571. The lowest BCUT2D eigenvalue weighted by Gasteiger charge is -2.07. The molecule has 0 aliphatic heterocycles. The van der Waals surface area contributed by atoms with Gasteiger partial charge in [0.1, 0.15) is 0 Å². The summed E-state index contributed by atoms with van der Waals surface area (Å²) in [7, 11) is 0. The summed E-state index contributed by atoms with van der Waals surface area (Å²) in [5.74, 6) is 1.48. The number of hydrogen-bond donors (Lipinski definition) is 1. The molecule has 104 valence electrons. The largest absolute Gasteiger partial charge is 0.342 e. The Labute approximate surface area is 114 Å². The van der Waals surface area contributed by atoms with Crippen LogP contribution in [-0.4, -0.2) is 21.3 Å². The third kappa shape index (κ3) is 3.92. The molecule has 19 heavy (non-hydrogen) atoms. The maximum absolute atomic E-state index is 5.20. The Kier molecular flexibility index (Phi) is 5.15. The summed E-state index contributed by atoms with van der Waals surface area (Å²) in [6.07, 6.45) is 5.08. The van der Waals surface area contributed by atoms with Crippen molar-refractivity contribution in [3.63, 3.8) is 0 Å². The molecule has 0 aliphatic carbocycles. The van der Waals surface area contributed by atoms with E-state index in [0.29, 0.717) is 6.54 Å². The van der Waals surface area contributed by atoms with Crippen LogP contribution in [0.15, 0.2) is 22.9 Å². The summed E-state index contributed by atoms with van der Waals surface area (Å²) in [5, 5.41) is 7.42. The molecule has 0 unspecified atom stereocenters. The first kappa shape index (κ1) is 13.8. The average Bonchev–Trinajstić information content (AvgIpc) is 3.01. The van der Waals surface area contributed by atoms with Gasteiger partial charge < -0.3 is 14.4 Å². The fourth-order valence-corrected chi connectivity index (χ4v) is 1.98. The first-order chi connectivity index (χ1) is 9.33. The first-order valence-corrected chi connectivity index (χ1v) is 6.99. The molecule has 0 spiro atoms. The lowest BCUT2D eigenvalue weighted by Crippen LogP contribution is -2.17. The summed E-state index contributed by atoms with van der Waals surface area (Å²) in [6, 6.07) is 4.17. The van der Waals surface area contributed by atoms with Crippen molar-refractivity contribution >= 4 is 0 Å². The van der Waals surface area contributed by atoms with E-state index in [0.717, 1.165) is 44.1 Å². The Morgan fingerprint density at radius 1 is 1.32 bits per heavy atom. The van der Waals surface area contributed by atoms with Gasteiger partial charge in [0.15, 0.2) is 5.82 Å². The third-order valence-electron chi connectivity index (χ3n) is 2.94. The van der Waals surface area contributed by atoms with E-state index in [-0.39, 0.29) is 0 Å². The molecule has 0 radical (unpaired) electrons. The second-order valence-corrected chi connectivity index (χ2v) is 4.66. The van der Waals surface area contributed by atoms with Gasteiger partial charge in [-0.1, -0.05) is 19.0 Å². The molecule has 5 nitrogen and oxygen atoms in total. The summed E-state index contributed by atoms with van der Waals surface area (Å²) in [4.78, 5) is 4.39. The molecule has 0 amide bonds. The molecule has 0 bridgehead atoms. The van der Waals surface area contributed by atoms with E-state index in [1.165, 1.54) is 5.69 Å². The van der Waals surface area contributed by atoms with Gasteiger partial charge in [0.05, 0.1) is 6.54 Å². The Morgan fingerprint density at radius 3 is 3.00 bits per heavy atom. The molecule has 0 aromatic carbocycles. The number of aromatic nitrogens is 3. The molecular formula is C14H22N4O. The quantitative estimate of drug-likeness (QED) is 0.742. The number of aryl methyl sites for hydroxylation is 1. The average molecular weight is 262 g/mol. The highest BCUT2D eigenvalue weighted by Gasteiger charge is 2.08. The molecule has 1 N–H and O–H groups in total. The van der Waals surface area contributed by atoms with Crippen LogP contribution in [0.2, 0.25) is 0 Å². The van der Waals surface area contributed by atoms with Gasteiger partial charge in [-0.15, -0.1) is 0 Å². The number of nitrogens with zero attached hydrogens (tertiary/aromatic N) is 3. The van der Waals surface area contributed by atoms with Crippen molar-refractivity contribution in [3.8, 4) is 0 Å². The molecule has 2 rings (SSSR count). The molecule has 0 saturated carbocycles. The Balaban J connectivity index is 1.96. The summed E-state index contributed by atoms with van der Waals surface area (Å²) < 4.78 is 7.36. The number of hydrogen-bond acceptors (Lipinski definition) is 4. The maximum atomic E-state index is 5.20. The predicted octanol–water partition coefficient (Wildman–Crippen LogP) is 2.37. The molecule has 2 aromatic heterocycles. The van der Waals surface area contributed by atoms with E-state index in [1.807, 2.05) is 0 Å². The van der Waals surface area contributed by atoms with Crippen LogP contribution < -0.4 is 5.32 Å². The highest BCUT2D eigenvalue weighted by atomic mass is 16.5. The van der Waals surface area contributed by atoms with Crippen LogP contribution in [0.1, 0.15) is 44.1 Å². The minimum atomic E-state index is 0.670. The van der Waals surface area contributed by atoms with Gasteiger partial charge in [0, 0.05) is 24.9 Å². The van der Waals surface area contributed by atoms with E-state index in [1.54, 1.807) is 0 Å². The van der Waals surface area contributed by atoms with E-state index in [9.17, 15) is 0 Å². The summed E-state index contributed by atoms with van der Waals surface area (Å²) >= 11 is 0. The zero-order valence-electron chi connectivity index (χ0n) is 11.7. The lowest BCUT2D eigenvalue weighted by atomic mass is 10.3. The van der Waals surface area contributed by atoms with Crippen molar-refractivity contribution in [1.29, 1.82) is 0 Å². The van der Waals surface area contributed by atoms with E-state index >= 15 is 0 Å². The Morgan fingerprint density at radius 2 is 2.21 bits per heavy atom. The zero-order valence-corrected chi connectivity index (χ0v) is 11.7. The first-order valence-electron chi connectivity index (χ1n) is 6.99. The SMILES string of the molecule is CCCNCc1cccn1Cc1noc(CCC)n1. The highest BCUT2D eigenvalue weighted by molar-refractivity contribution is 5.08. The van der Waals surface area contributed by atoms with Crippen LogP contribution in [-0.2, 0) is 19.5 Å². The standard InChI is InChI=1S/C14H22N4O/c1-3-6-14-16-13(17-19-14)11-18-9-5-7-12(18)10-15-8-4-2/h5,7,9,15H,3-4,6,8,10-11H2,1-2H3. The Bertz CT molecular complexity index is 489. The minimum absolute atomic E-state index is 0.670. The van der Waals surface area contributed by atoms with E-state index in [4.69, 9.17) is 4.52 Å². The van der Waals surface area contributed by atoms with Crippen molar-refractivity contribution in [2.75, 3.05) is 6.54 Å². The van der Waals surface area contributed by atoms with Gasteiger partial charge in [-0.3, -0.25) is 0 Å². The van der Waals surface area contributed by atoms with Crippen molar-refractivity contribution in [1.82, 2.24) is 20.0 Å². The fourth-order valence-electron chi connectivity index (χ4n) is 1.98. The topological polar surface area (TPSA) is 55.9 Å². The van der Waals surface area contributed by atoms with Gasteiger partial charge >= 0.3 is 0 Å². The number of rotatable bonds is 8. The Hall–Kier alpha value is -1.62. The molecule has 2 heterocycles. The van der Waals surface area contributed by atoms with Crippen LogP contribution >= 0.6 is 0 Å². The molecular weight excluding hydrogens is 240 g/mol. The van der Waals surface area contributed by atoms with Crippen LogP contribution in [0.25, 0.3) is 0 Å². The van der Waals surface area contributed by atoms with Crippen LogP contribution in [0.4, 0.5) is 0 Å². The summed E-state index contributed by atoms with van der Waals surface area (Å²) in [6.45, 7) is 6.85. The van der Waals surface area contributed by atoms with Crippen molar-refractivity contribution in [2.24, 2.45) is 0 Å². The van der Waals surface area contributed by atoms with Gasteiger partial charge in [-0.05, 0) is 31.5 Å². The molecule has 0 atom stereocenters. The van der Waals surface area contributed by atoms with E-state index in [2.05, 4.69) is 52.2 Å². The van der Waals surface area contributed by atoms with Crippen molar-refractivity contribution < 1.29 is 4.52 Å². The predicted molar refractivity (Wildman–Crippen MR) is 73.8 cm³/mol.